The van der Waals surface area contributed by atoms with Gasteiger partial charge in [0.1, 0.15) is 5.82 Å². The van der Waals surface area contributed by atoms with Gasteiger partial charge in [0, 0.05) is 51.7 Å². The minimum absolute atomic E-state index is 0.212. The van der Waals surface area contributed by atoms with Gasteiger partial charge in [-0.25, -0.2) is 9.97 Å². The number of imidazole rings is 1. The number of aromatic nitrogens is 3. The predicted octanol–water partition coefficient (Wildman–Crippen LogP) is 2.74. The van der Waals surface area contributed by atoms with Crippen LogP contribution in [0.3, 0.4) is 0 Å². The number of aryl methyl sites for hydroxylation is 1. The van der Waals surface area contributed by atoms with E-state index in [2.05, 4.69) is 25.5 Å². The van der Waals surface area contributed by atoms with E-state index in [9.17, 15) is 4.79 Å². The third kappa shape index (κ3) is 4.51. The number of piperazine rings is 1. The molecule has 0 saturated carbocycles. The molecule has 3 aromatic rings. The third-order valence-corrected chi connectivity index (χ3v) is 7.06. The van der Waals surface area contributed by atoms with Gasteiger partial charge in [-0.1, -0.05) is 23.9 Å². The van der Waals surface area contributed by atoms with E-state index in [1.54, 1.807) is 23.1 Å². The van der Waals surface area contributed by atoms with Gasteiger partial charge in [0.15, 0.2) is 4.34 Å². The third-order valence-electron chi connectivity index (χ3n) is 4.90. The second-order valence-corrected chi connectivity index (χ2v) is 8.88. The highest BCUT2D eigenvalue weighted by Crippen LogP contribution is 2.29. The largest absolute Gasteiger partial charge is 0.339 e. The molecule has 8 heteroatoms. The monoisotopic (exact) mass is 401 g/mol. The summed E-state index contributed by atoms with van der Waals surface area (Å²) < 4.78 is 4.32. The Hall–Kier alpha value is -1.90. The molecule has 0 unspecified atom stereocenters. The Labute approximate surface area is 167 Å². The van der Waals surface area contributed by atoms with Crippen molar-refractivity contribution in [2.24, 2.45) is 0 Å². The van der Waals surface area contributed by atoms with Crippen molar-refractivity contribution in [2.45, 2.75) is 17.8 Å². The first-order chi connectivity index (χ1) is 13.2. The van der Waals surface area contributed by atoms with Gasteiger partial charge < -0.3 is 9.47 Å². The lowest BCUT2D eigenvalue weighted by Crippen LogP contribution is -2.49. The second kappa shape index (κ2) is 8.41. The highest BCUT2D eigenvalue weighted by molar-refractivity contribution is 8.01. The van der Waals surface area contributed by atoms with Gasteiger partial charge in [0.25, 0.3) is 0 Å². The maximum atomic E-state index is 12.5. The number of carbonyl (C=O) groups excluding carboxylic acids is 1. The Morgan fingerprint density at radius 3 is 2.74 bits per heavy atom. The van der Waals surface area contributed by atoms with E-state index in [1.165, 1.54) is 4.70 Å². The molecule has 1 fully saturated rings. The summed E-state index contributed by atoms with van der Waals surface area (Å²) in [5, 5.41) is 0. The summed E-state index contributed by atoms with van der Waals surface area (Å²) in [6.07, 6.45) is 3.86. The molecule has 6 nitrogen and oxygen atoms in total. The summed E-state index contributed by atoms with van der Waals surface area (Å²) in [4.78, 5) is 25.8. The molecule has 1 aliphatic heterocycles. The fourth-order valence-corrected chi connectivity index (χ4v) is 5.21. The number of hydrogen-bond donors (Lipinski definition) is 0. The van der Waals surface area contributed by atoms with E-state index in [1.807, 2.05) is 42.4 Å². The fraction of sp³-hybridized carbons (Fsp3) is 0.421. The van der Waals surface area contributed by atoms with Crippen LogP contribution in [0.1, 0.15) is 5.82 Å². The van der Waals surface area contributed by atoms with Crippen LogP contribution < -0.4 is 0 Å². The number of nitrogens with zero attached hydrogens (tertiary/aromatic N) is 5. The summed E-state index contributed by atoms with van der Waals surface area (Å²) in [7, 11) is 0. The Bertz CT molecular complexity index is 881. The van der Waals surface area contributed by atoms with Gasteiger partial charge >= 0.3 is 0 Å². The number of hydrogen-bond acceptors (Lipinski definition) is 6. The van der Waals surface area contributed by atoms with Crippen molar-refractivity contribution >= 4 is 39.2 Å². The molecule has 1 amide bonds. The smallest absolute Gasteiger partial charge is 0.233 e. The Balaban J connectivity index is 1.22. The van der Waals surface area contributed by atoms with Crippen LogP contribution in [0, 0.1) is 6.92 Å². The number of fused-ring (bicyclic) bond motifs is 1. The molecule has 3 heterocycles. The molecule has 0 spiro atoms. The molecule has 27 heavy (non-hydrogen) atoms. The molecule has 1 aliphatic rings. The van der Waals surface area contributed by atoms with Crippen LogP contribution in [0.5, 0.6) is 0 Å². The highest BCUT2D eigenvalue weighted by Gasteiger charge is 2.21. The lowest BCUT2D eigenvalue weighted by Gasteiger charge is -2.34. The van der Waals surface area contributed by atoms with Gasteiger partial charge in [0.05, 0.1) is 16.0 Å². The quantitative estimate of drug-likeness (QED) is 0.595. The summed E-state index contributed by atoms with van der Waals surface area (Å²) in [5.41, 5.74) is 1.01. The minimum Gasteiger partial charge on any atom is -0.339 e. The highest BCUT2D eigenvalue weighted by atomic mass is 32.2. The minimum atomic E-state index is 0.212. The molecule has 142 valence electrons. The average Bonchev–Trinajstić information content (AvgIpc) is 3.30. The second-order valence-electron chi connectivity index (χ2n) is 6.63. The maximum absolute atomic E-state index is 12.5. The first-order valence-electron chi connectivity index (χ1n) is 9.15. The van der Waals surface area contributed by atoms with Crippen molar-refractivity contribution in [1.82, 2.24) is 24.3 Å². The van der Waals surface area contributed by atoms with Gasteiger partial charge in [-0.2, -0.15) is 0 Å². The number of rotatable bonds is 6. The maximum Gasteiger partial charge on any atom is 0.233 e. The topological polar surface area (TPSA) is 54.3 Å². The summed E-state index contributed by atoms with van der Waals surface area (Å²) in [5.74, 6) is 1.73. The molecule has 0 atom stereocenters. The molecular formula is C19H23N5OS2. The molecule has 0 radical (unpaired) electrons. The molecule has 1 saturated heterocycles. The normalized spacial score (nSPS) is 15.5. The van der Waals surface area contributed by atoms with E-state index in [0.717, 1.165) is 54.9 Å². The average molecular weight is 402 g/mol. The predicted molar refractivity (Wildman–Crippen MR) is 110 cm³/mol. The summed E-state index contributed by atoms with van der Waals surface area (Å²) in [6, 6.07) is 8.11. The molecule has 0 aliphatic carbocycles. The van der Waals surface area contributed by atoms with Crippen LogP contribution in [-0.4, -0.2) is 68.7 Å². The van der Waals surface area contributed by atoms with E-state index in [-0.39, 0.29) is 5.91 Å². The first-order valence-corrected chi connectivity index (χ1v) is 11.0. The SMILES string of the molecule is Cc1nccn1CCN1CCN(C(=O)CSc2nc3ccccc3s2)CC1. The summed E-state index contributed by atoms with van der Waals surface area (Å²) >= 11 is 3.21. The lowest BCUT2D eigenvalue weighted by molar-refractivity contribution is -0.130. The Morgan fingerprint density at radius 2 is 2.00 bits per heavy atom. The Kier molecular flexibility index (Phi) is 5.75. The lowest BCUT2D eigenvalue weighted by atomic mass is 10.3. The van der Waals surface area contributed by atoms with Gasteiger partial charge in [-0.15, -0.1) is 11.3 Å². The molecule has 1 aromatic carbocycles. The fourth-order valence-electron chi connectivity index (χ4n) is 3.24. The van der Waals surface area contributed by atoms with Gasteiger partial charge in [0.2, 0.25) is 5.91 Å². The van der Waals surface area contributed by atoms with Crippen LogP contribution >= 0.6 is 23.1 Å². The number of benzene rings is 1. The van der Waals surface area contributed by atoms with Crippen molar-refractivity contribution in [3.8, 4) is 0 Å². The van der Waals surface area contributed by atoms with Crippen molar-refractivity contribution in [3.63, 3.8) is 0 Å². The zero-order valence-electron chi connectivity index (χ0n) is 15.4. The zero-order valence-corrected chi connectivity index (χ0v) is 17.0. The van der Waals surface area contributed by atoms with Gasteiger partial charge in [-0.3, -0.25) is 9.69 Å². The van der Waals surface area contributed by atoms with Crippen LogP contribution in [0.15, 0.2) is 41.0 Å². The molecule has 4 rings (SSSR count). The van der Waals surface area contributed by atoms with Crippen LogP contribution in [0.25, 0.3) is 10.2 Å². The van der Waals surface area contributed by atoms with Crippen LogP contribution in [-0.2, 0) is 11.3 Å². The standard InChI is InChI=1S/C19H23N5OS2/c1-15-20-6-7-23(15)11-8-22-9-12-24(13-10-22)18(25)14-26-19-21-16-4-2-3-5-17(16)27-19/h2-7H,8-14H2,1H3. The van der Waals surface area contributed by atoms with Crippen molar-refractivity contribution < 1.29 is 4.79 Å². The number of thioether (sulfide) groups is 1. The van der Waals surface area contributed by atoms with E-state index in [0.29, 0.717) is 5.75 Å². The Morgan fingerprint density at radius 1 is 1.19 bits per heavy atom. The van der Waals surface area contributed by atoms with Crippen molar-refractivity contribution in [3.05, 3.63) is 42.5 Å². The van der Waals surface area contributed by atoms with E-state index < -0.39 is 0 Å². The molecule has 0 N–H and O–H groups in total. The zero-order chi connectivity index (χ0) is 18.6. The number of para-hydroxylation sites is 1. The molecular weight excluding hydrogens is 378 g/mol. The molecule has 2 aromatic heterocycles. The first kappa shape index (κ1) is 18.5. The number of carbonyl (C=O) groups is 1. The number of amides is 1. The number of thiazole rings is 1. The summed E-state index contributed by atoms with van der Waals surface area (Å²) in [6.45, 7) is 7.47. The van der Waals surface area contributed by atoms with Crippen molar-refractivity contribution in [1.29, 1.82) is 0 Å². The van der Waals surface area contributed by atoms with Crippen LogP contribution in [0.4, 0.5) is 0 Å². The van der Waals surface area contributed by atoms with E-state index in [4.69, 9.17) is 0 Å². The van der Waals surface area contributed by atoms with E-state index >= 15 is 0 Å². The van der Waals surface area contributed by atoms with Crippen LogP contribution in [0.2, 0.25) is 0 Å². The molecule has 0 bridgehead atoms. The van der Waals surface area contributed by atoms with Crippen molar-refractivity contribution in [2.75, 3.05) is 38.5 Å². The van der Waals surface area contributed by atoms with Gasteiger partial charge in [-0.05, 0) is 19.1 Å².